The van der Waals surface area contributed by atoms with E-state index >= 15 is 0 Å². The molecule has 6 nitrogen and oxygen atoms in total. The van der Waals surface area contributed by atoms with E-state index in [1.807, 2.05) is 61.3 Å². The maximum Gasteiger partial charge on any atom is 0.259 e. The standard InChI is InChI=1S/C34H36N4O2.ClH/c1-22-16-24-10-8-9-11-26(24)21-38(22)34(40)31-18-27-20-35-15-14-25(27)17-30(31)32-19-29(23(2)36(32)3)33(39)37(4)28-12-6-5-7-13-28;/h5-13,17-19,22,35H,14-16,20-21H2,1-4H3;1H. The van der Waals surface area contributed by atoms with Gasteiger partial charge in [-0.05, 0) is 85.8 Å². The van der Waals surface area contributed by atoms with Crippen molar-refractivity contribution < 1.29 is 9.59 Å². The molecule has 6 rings (SSSR count). The van der Waals surface area contributed by atoms with E-state index < -0.39 is 0 Å². The van der Waals surface area contributed by atoms with E-state index in [0.717, 1.165) is 48.6 Å². The zero-order valence-electron chi connectivity index (χ0n) is 24.1. The molecule has 4 aromatic rings. The van der Waals surface area contributed by atoms with Crippen molar-refractivity contribution in [3.05, 3.63) is 112 Å². The third kappa shape index (κ3) is 5.18. The van der Waals surface area contributed by atoms with Gasteiger partial charge in [0.05, 0.1) is 5.56 Å². The van der Waals surface area contributed by atoms with E-state index in [-0.39, 0.29) is 30.3 Å². The molecule has 0 spiro atoms. The van der Waals surface area contributed by atoms with Crippen molar-refractivity contribution in [3.8, 4) is 11.3 Å². The largest absolute Gasteiger partial charge is 0.347 e. The fourth-order valence-corrected chi connectivity index (χ4v) is 6.15. The quantitative estimate of drug-likeness (QED) is 0.332. The van der Waals surface area contributed by atoms with Gasteiger partial charge in [0.1, 0.15) is 0 Å². The van der Waals surface area contributed by atoms with E-state index in [2.05, 4.69) is 47.1 Å². The number of hydrogen-bond acceptors (Lipinski definition) is 3. The van der Waals surface area contributed by atoms with Crippen LogP contribution in [0.15, 0.2) is 72.8 Å². The summed E-state index contributed by atoms with van der Waals surface area (Å²) in [7, 11) is 3.79. The number of benzene rings is 3. The minimum absolute atomic E-state index is 0. The van der Waals surface area contributed by atoms with Crippen LogP contribution in [0.25, 0.3) is 11.3 Å². The van der Waals surface area contributed by atoms with Gasteiger partial charge in [-0.1, -0.05) is 42.5 Å². The SMILES string of the molecule is Cc1c(C(=O)N(C)c2ccccc2)cc(-c2cc3c(cc2C(=O)N2Cc4ccccc4CC2C)CNCC3)n1C.Cl. The lowest BCUT2D eigenvalue weighted by Crippen LogP contribution is -2.43. The van der Waals surface area contributed by atoms with E-state index in [1.54, 1.807) is 11.9 Å². The van der Waals surface area contributed by atoms with Gasteiger partial charge in [-0.3, -0.25) is 9.59 Å². The number of nitrogens with zero attached hydrogens (tertiary/aromatic N) is 3. The van der Waals surface area contributed by atoms with Gasteiger partial charge in [0.2, 0.25) is 0 Å². The highest BCUT2D eigenvalue weighted by Crippen LogP contribution is 2.35. The predicted molar refractivity (Wildman–Crippen MR) is 167 cm³/mol. The van der Waals surface area contributed by atoms with Crippen LogP contribution in [-0.2, 0) is 33.0 Å². The Bertz CT molecular complexity index is 1610. The van der Waals surface area contributed by atoms with Crippen LogP contribution in [0.1, 0.15) is 55.6 Å². The summed E-state index contributed by atoms with van der Waals surface area (Å²) >= 11 is 0. The normalized spacial score (nSPS) is 15.9. The fraction of sp³-hybridized carbons (Fsp3) is 0.294. The first-order chi connectivity index (χ1) is 19.3. The van der Waals surface area contributed by atoms with E-state index in [4.69, 9.17) is 0 Å². The average molecular weight is 569 g/mol. The predicted octanol–water partition coefficient (Wildman–Crippen LogP) is 5.93. The molecule has 0 radical (unpaired) electrons. The van der Waals surface area contributed by atoms with Gasteiger partial charge in [-0.15, -0.1) is 12.4 Å². The monoisotopic (exact) mass is 568 g/mol. The first-order valence-electron chi connectivity index (χ1n) is 14.1. The maximum atomic E-state index is 14.4. The Hall–Kier alpha value is -3.87. The molecule has 212 valence electrons. The Morgan fingerprint density at radius 1 is 0.902 bits per heavy atom. The molecule has 41 heavy (non-hydrogen) atoms. The van der Waals surface area contributed by atoms with E-state index in [9.17, 15) is 9.59 Å². The van der Waals surface area contributed by atoms with Gasteiger partial charge < -0.3 is 19.7 Å². The number of carbonyl (C=O) groups excluding carboxylic acids is 2. The summed E-state index contributed by atoms with van der Waals surface area (Å²) in [4.78, 5) is 31.7. The molecule has 0 fully saturated rings. The van der Waals surface area contributed by atoms with Crippen LogP contribution < -0.4 is 10.2 Å². The summed E-state index contributed by atoms with van der Waals surface area (Å²) in [6.45, 7) is 6.38. The third-order valence-electron chi connectivity index (χ3n) is 8.71. The molecule has 7 heteroatoms. The summed E-state index contributed by atoms with van der Waals surface area (Å²) < 4.78 is 2.06. The number of aromatic nitrogens is 1. The Morgan fingerprint density at radius 3 is 2.37 bits per heavy atom. The Kier molecular flexibility index (Phi) is 8.07. The minimum atomic E-state index is -0.0677. The molecule has 0 saturated carbocycles. The van der Waals surface area contributed by atoms with Crippen molar-refractivity contribution in [2.75, 3.05) is 18.5 Å². The highest BCUT2D eigenvalue weighted by molar-refractivity contribution is 6.08. The van der Waals surface area contributed by atoms with Crippen LogP contribution in [0.5, 0.6) is 0 Å². The molecule has 2 aliphatic rings. The minimum Gasteiger partial charge on any atom is -0.347 e. The summed E-state index contributed by atoms with van der Waals surface area (Å²) in [5.74, 6) is -0.0274. The second-order valence-electron chi connectivity index (χ2n) is 11.1. The first kappa shape index (κ1) is 28.7. The number of amides is 2. The number of nitrogens with one attached hydrogen (secondary N) is 1. The number of rotatable bonds is 4. The van der Waals surface area contributed by atoms with Crippen LogP contribution >= 0.6 is 12.4 Å². The average Bonchev–Trinajstić information content (AvgIpc) is 3.28. The molecule has 2 aliphatic heterocycles. The fourth-order valence-electron chi connectivity index (χ4n) is 6.15. The van der Waals surface area contributed by atoms with Gasteiger partial charge in [-0.25, -0.2) is 0 Å². The number of hydrogen-bond donors (Lipinski definition) is 1. The number of carbonyl (C=O) groups is 2. The third-order valence-corrected chi connectivity index (χ3v) is 8.71. The smallest absolute Gasteiger partial charge is 0.259 e. The molecule has 0 bridgehead atoms. The Balaban J connectivity index is 0.00000337. The second kappa shape index (κ2) is 11.6. The molecule has 2 amide bonds. The molecule has 1 aromatic heterocycles. The van der Waals surface area contributed by atoms with Crippen LogP contribution in [0, 0.1) is 6.92 Å². The van der Waals surface area contributed by atoms with Crippen molar-refractivity contribution in [2.45, 2.75) is 45.8 Å². The zero-order valence-corrected chi connectivity index (χ0v) is 24.9. The van der Waals surface area contributed by atoms with Crippen molar-refractivity contribution >= 4 is 29.9 Å². The van der Waals surface area contributed by atoms with Crippen LogP contribution in [0.3, 0.4) is 0 Å². The highest BCUT2D eigenvalue weighted by atomic mass is 35.5. The lowest BCUT2D eigenvalue weighted by Gasteiger charge is -2.35. The highest BCUT2D eigenvalue weighted by Gasteiger charge is 2.31. The van der Waals surface area contributed by atoms with Crippen molar-refractivity contribution in [1.82, 2.24) is 14.8 Å². The number of halogens is 1. The molecular formula is C34H37ClN4O2. The van der Waals surface area contributed by atoms with Crippen LogP contribution in [-0.4, -0.2) is 40.9 Å². The lowest BCUT2D eigenvalue weighted by molar-refractivity contribution is 0.0658. The summed E-state index contributed by atoms with van der Waals surface area (Å²) in [5, 5.41) is 3.45. The number of fused-ring (bicyclic) bond motifs is 2. The van der Waals surface area contributed by atoms with Crippen molar-refractivity contribution in [1.29, 1.82) is 0 Å². The van der Waals surface area contributed by atoms with Crippen molar-refractivity contribution in [3.63, 3.8) is 0 Å². The summed E-state index contributed by atoms with van der Waals surface area (Å²) in [6.07, 6.45) is 1.76. The van der Waals surface area contributed by atoms with Crippen LogP contribution in [0.4, 0.5) is 5.69 Å². The second-order valence-corrected chi connectivity index (χ2v) is 11.1. The Morgan fingerprint density at radius 2 is 1.61 bits per heavy atom. The molecule has 0 aliphatic carbocycles. The van der Waals surface area contributed by atoms with Crippen molar-refractivity contribution in [2.24, 2.45) is 7.05 Å². The van der Waals surface area contributed by atoms with Gasteiger partial charge in [0, 0.05) is 61.4 Å². The van der Waals surface area contributed by atoms with Gasteiger partial charge in [-0.2, -0.15) is 0 Å². The molecule has 1 N–H and O–H groups in total. The van der Waals surface area contributed by atoms with Gasteiger partial charge in [0.25, 0.3) is 11.8 Å². The van der Waals surface area contributed by atoms with Gasteiger partial charge in [0.15, 0.2) is 0 Å². The molecule has 3 aromatic carbocycles. The Labute approximate surface area is 248 Å². The van der Waals surface area contributed by atoms with E-state index in [0.29, 0.717) is 17.7 Å². The molecule has 1 unspecified atom stereocenters. The first-order valence-corrected chi connectivity index (χ1v) is 14.1. The molecule has 3 heterocycles. The van der Waals surface area contributed by atoms with Crippen LogP contribution in [0.2, 0.25) is 0 Å². The van der Waals surface area contributed by atoms with Gasteiger partial charge >= 0.3 is 0 Å². The topological polar surface area (TPSA) is 57.6 Å². The molecule has 0 saturated heterocycles. The summed E-state index contributed by atoms with van der Waals surface area (Å²) in [6, 6.07) is 24.4. The summed E-state index contributed by atoms with van der Waals surface area (Å²) in [5.41, 5.74) is 9.80. The molecular weight excluding hydrogens is 532 g/mol. The lowest BCUT2D eigenvalue weighted by atomic mass is 9.90. The van der Waals surface area contributed by atoms with E-state index in [1.165, 1.54) is 22.3 Å². The maximum absolute atomic E-state index is 14.4. The number of anilines is 1. The zero-order chi connectivity index (χ0) is 28.0. The number of para-hydroxylation sites is 1. The molecule has 1 atom stereocenters.